The summed E-state index contributed by atoms with van der Waals surface area (Å²) in [4.78, 5) is 7.91. The average Bonchev–Trinajstić information content (AvgIpc) is 3.49. The first-order valence-corrected chi connectivity index (χ1v) is 19.8. The lowest BCUT2D eigenvalue weighted by molar-refractivity contribution is -0.928. The highest BCUT2D eigenvalue weighted by Gasteiger charge is 2.73. The summed E-state index contributed by atoms with van der Waals surface area (Å²) in [5, 5.41) is 0. The number of hydrogen-bond acceptors (Lipinski definition) is 3. The van der Waals surface area contributed by atoms with Crippen LogP contribution < -0.4 is 23.8 Å². The average molecular weight is 710 g/mol. The van der Waals surface area contributed by atoms with Crippen LogP contribution in [0.15, 0.2) is 127 Å². The van der Waals surface area contributed by atoms with Gasteiger partial charge in [-0.05, 0) is 65.7 Å². The smallest absolute Gasteiger partial charge is 0.308 e. The van der Waals surface area contributed by atoms with Crippen LogP contribution in [0.3, 0.4) is 0 Å². The standard InChI is InChI=1S/C50H39N5/c1-47(2)29-16-8-11-19-35(29)52-40-23-13-21-37-38-22-14-24-41-53-36-20-12-9-17-30(36)49(5,6)33-27-32-45-43(46(33)53)50(54(37)40,55(38)41)42-39(26-25-31(47)44(42)52)51(45)34-18-10-7-15-28(34)48(32,3)4/h7-27H,1-6H3/q+2. The molecule has 7 aliphatic heterocycles. The van der Waals surface area contributed by atoms with E-state index in [-0.39, 0.29) is 16.2 Å². The second-order valence-corrected chi connectivity index (χ2v) is 18.2. The van der Waals surface area contributed by atoms with Crippen LogP contribution in [-0.2, 0) is 21.9 Å². The summed E-state index contributed by atoms with van der Waals surface area (Å²) in [6.07, 6.45) is 0. The number of nitrogens with zero attached hydrogens (tertiary/aromatic N) is 5. The Labute approximate surface area is 321 Å². The van der Waals surface area contributed by atoms with Gasteiger partial charge in [-0.15, -0.1) is 0 Å². The van der Waals surface area contributed by atoms with Crippen LogP contribution in [0.1, 0.15) is 86.1 Å². The van der Waals surface area contributed by atoms with Crippen molar-refractivity contribution >= 4 is 51.4 Å². The zero-order chi connectivity index (χ0) is 36.7. The van der Waals surface area contributed by atoms with Gasteiger partial charge in [0.05, 0.1) is 17.1 Å². The van der Waals surface area contributed by atoms with Gasteiger partial charge < -0.3 is 4.90 Å². The zero-order valence-electron chi connectivity index (χ0n) is 31.9. The molecule has 0 radical (unpaired) electrons. The van der Waals surface area contributed by atoms with Gasteiger partial charge in [0.1, 0.15) is 22.5 Å². The van der Waals surface area contributed by atoms with Crippen molar-refractivity contribution in [2.24, 2.45) is 0 Å². The number of pyridine rings is 2. The minimum absolute atomic E-state index is 0.218. The molecule has 262 valence electrons. The Morgan fingerprint density at radius 1 is 0.364 bits per heavy atom. The van der Waals surface area contributed by atoms with Gasteiger partial charge in [0.15, 0.2) is 22.8 Å². The summed E-state index contributed by atoms with van der Waals surface area (Å²) < 4.78 is 5.48. The van der Waals surface area contributed by atoms with Gasteiger partial charge in [-0.1, -0.05) is 102 Å². The Balaban J connectivity index is 1.29. The number of hydrogen-bond donors (Lipinski definition) is 0. The Hall–Kier alpha value is -6.20. The van der Waals surface area contributed by atoms with Gasteiger partial charge in [0.2, 0.25) is 0 Å². The predicted molar refractivity (Wildman–Crippen MR) is 218 cm³/mol. The maximum Gasteiger partial charge on any atom is 0.319 e. The topological polar surface area (TPSA) is 17.5 Å². The summed E-state index contributed by atoms with van der Waals surface area (Å²) in [7, 11) is 0. The first kappa shape index (κ1) is 29.2. The Morgan fingerprint density at radius 3 is 1.33 bits per heavy atom. The number of aromatic nitrogens is 2. The monoisotopic (exact) mass is 709 g/mol. The number of rotatable bonds is 0. The molecular weight excluding hydrogens is 671 g/mol. The highest BCUT2D eigenvalue weighted by molar-refractivity contribution is 6.04. The summed E-state index contributed by atoms with van der Waals surface area (Å²) >= 11 is 0. The molecule has 1 spiro atoms. The molecular formula is C50H39N5+2. The Morgan fingerprint density at radius 2 is 0.800 bits per heavy atom. The molecule has 0 saturated carbocycles. The van der Waals surface area contributed by atoms with Crippen LogP contribution in [-0.4, -0.2) is 0 Å². The van der Waals surface area contributed by atoms with Crippen LogP contribution in [0.2, 0.25) is 0 Å². The van der Waals surface area contributed by atoms with Crippen LogP contribution in [0, 0.1) is 0 Å². The van der Waals surface area contributed by atoms with E-state index in [1.54, 1.807) is 0 Å². The maximum absolute atomic E-state index is 2.74. The minimum atomic E-state index is -0.676. The molecule has 7 aliphatic rings. The van der Waals surface area contributed by atoms with Crippen molar-refractivity contribution < 1.29 is 9.13 Å². The molecule has 5 heteroatoms. The molecule has 2 aromatic heterocycles. The molecule has 5 aromatic carbocycles. The molecule has 9 heterocycles. The van der Waals surface area contributed by atoms with E-state index in [1.807, 2.05) is 0 Å². The predicted octanol–water partition coefficient (Wildman–Crippen LogP) is 10.8. The summed E-state index contributed by atoms with van der Waals surface area (Å²) in [6.45, 7) is 14.7. The molecule has 0 aliphatic carbocycles. The Kier molecular flexibility index (Phi) is 4.53. The van der Waals surface area contributed by atoms with E-state index in [9.17, 15) is 0 Å². The molecule has 0 fully saturated rings. The third-order valence-corrected chi connectivity index (χ3v) is 14.8. The molecule has 1 unspecified atom stereocenters. The largest absolute Gasteiger partial charge is 0.319 e. The second-order valence-electron chi connectivity index (χ2n) is 18.2. The van der Waals surface area contributed by atoms with E-state index in [0.29, 0.717) is 0 Å². The molecule has 1 atom stereocenters. The van der Waals surface area contributed by atoms with E-state index in [4.69, 9.17) is 0 Å². The normalized spacial score (nSPS) is 20.9. The quantitative estimate of drug-likeness (QED) is 0.146. The fourth-order valence-electron chi connectivity index (χ4n) is 12.5. The molecule has 7 aromatic rings. The van der Waals surface area contributed by atoms with Crippen molar-refractivity contribution in [1.29, 1.82) is 0 Å². The van der Waals surface area contributed by atoms with Gasteiger partial charge in [0, 0.05) is 50.6 Å². The minimum Gasteiger partial charge on any atom is -0.308 e. The fraction of sp³-hybridized carbons (Fsp3) is 0.200. The van der Waals surface area contributed by atoms with Gasteiger partial charge in [0.25, 0.3) is 11.6 Å². The second kappa shape index (κ2) is 8.53. The Bertz CT molecular complexity index is 2980. The van der Waals surface area contributed by atoms with Gasteiger partial charge >= 0.3 is 5.66 Å². The van der Waals surface area contributed by atoms with Crippen molar-refractivity contribution in [3.05, 3.63) is 172 Å². The van der Waals surface area contributed by atoms with Crippen LogP contribution >= 0.6 is 0 Å². The first-order chi connectivity index (χ1) is 26.6. The van der Waals surface area contributed by atoms with Crippen molar-refractivity contribution in [3.63, 3.8) is 0 Å². The fourth-order valence-corrected chi connectivity index (χ4v) is 12.5. The van der Waals surface area contributed by atoms with Crippen molar-refractivity contribution in [2.75, 3.05) is 14.7 Å². The zero-order valence-corrected chi connectivity index (χ0v) is 31.9. The highest BCUT2D eigenvalue weighted by Crippen LogP contribution is 2.71. The van der Waals surface area contributed by atoms with Crippen LogP contribution in [0.5, 0.6) is 0 Å². The molecule has 0 N–H and O–H groups in total. The first-order valence-electron chi connectivity index (χ1n) is 19.8. The molecule has 0 bridgehead atoms. The van der Waals surface area contributed by atoms with E-state index < -0.39 is 5.66 Å². The van der Waals surface area contributed by atoms with Crippen LogP contribution in [0.25, 0.3) is 11.4 Å². The van der Waals surface area contributed by atoms with Gasteiger partial charge in [-0.2, -0.15) is 18.9 Å². The number of benzene rings is 5. The molecule has 5 nitrogen and oxygen atoms in total. The van der Waals surface area contributed by atoms with Gasteiger partial charge in [-0.25, -0.2) is 0 Å². The van der Waals surface area contributed by atoms with E-state index in [0.717, 1.165) is 0 Å². The van der Waals surface area contributed by atoms with Crippen LogP contribution in [0.4, 0.5) is 51.4 Å². The van der Waals surface area contributed by atoms with Crippen molar-refractivity contribution in [2.45, 2.75) is 63.5 Å². The maximum atomic E-state index is 2.74. The third-order valence-electron chi connectivity index (χ3n) is 14.8. The summed E-state index contributed by atoms with van der Waals surface area (Å²) in [6, 6.07) is 49.0. The molecule has 14 rings (SSSR count). The van der Waals surface area contributed by atoms with Crippen molar-refractivity contribution in [3.8, 4) is 11.4 Å². The van der Waals surface area contributed by atoms with E-state index in [2.05, 4.69) is 193 Å². The van der Waals surface area contributed by atoms with Crippen molar-refractivity contribution in [1.82, 2.24) is 0 Å². The number of fused-ring (bicyclic) bond motifs is 10. The lowest BCUT2D eigenvalue weighted by atomic mass is 9.62. The highest BCUT2D eigenvalue weighted by atomic mass is 15.5. The third kappa shape index (κ3) is 2.73. The number of anilines is 9. The van der Waals surface area contributed by atoms with E-state index >= 15 is 0 Å². The van der Waals surface area contributed by atoms with E-state index in [1.165, 1.54) is 107 Å². The lowest BCUT2D eigenvalue weighted by Gasteiger charge is -2.54. The summed E-state index contributed by atoms with van der Waals surface area (Å²) in [5.74, 6) is 2.42. The molecule has 0 saturated heterocycles. The number of para-hydroxylation sites is 3. The summed E-state index contributed by atoms with van der Waals surface area (Å²) in [5.41, 5.74) is 21.2. The lowest BCUT2D eigenvalue weighted by Crippen LogP contribution is -2.77. The molecule has 55 heavy (non-hydrogen) atoms. The SMILES string of the molecule is CC1(C)c2ccccc2N2c3c1ccc1c3C34c5c6c(cc7c5N(c5ccccc5C7(C)C)c5cccc([n+]53)-c3cccc2[n+]34)C(C)(C)c2ccccc2N16. The molecule has 0 amide bonds. The van der Waals surface area contributed by atoms with Gasteiger partial charge in [-0.3, -0.25) is 0 Å².